The maximum Gasteiger partial charge on any atom is 0.311 e. The number of ether oxygens (including phenoxy) is 2. The Morgan fingerprint density at radius 1 is 0.697 bits per heavy atom. The van der Waals surface area contributed by atoms with E-state index in [-0.39, 0.29) is 11.9 Å². The number of carbonyl (C=O) groups excluding carboxylic acids is 2. The Balaban J connectivity index is 2.63. The molecule has 0 aromatic heterocycles. The van der Waals surface area contributed by atoms with Gasteiger partial charge >= 0.3 is 11.9 Å². The Morgan fingerprint density at radius 2 is 1.18 bits per heavy atom. The minimum Gasteiger partial charge on any atom is -0.423 e. The van der Waals surface area contributed by atoms with E-state index in [0.717, 1.165) is 56.9 Å². The van der Waals surface area contributed by atoms with Gasteiger partial charge in [-0.1, -0.05) is 98.0 Å². The molecule has 0 heterocycles. The summed E-state index contributed by atoms with van der Waals surface area (Å²) in [4.78, 5) is 24.8. The molecule has 4 nitrogen and oxygen atoms in total. The summed E-state index contributed by atoms with van der Waals surface area (Å²) < 4.78 is 11.3. The molecular weight excluding hydrogens is 412 g/mol. The van der Waals surface area contributed by atoms with Crippen LogP contribution in [0.3, 0.4) is 0 Å². The number of benzene rings is 1. The second kappa shape index (κ2) is 18.6. The average Bonchev–Trinajstić information content (AvgIpc) is 2.78. The molecule has 1 aromatic rings. The van der Waals surface area contributed by atoms with E-state index in [0.29, 0.717) is 30.3 Å². The molecule has 0 saturated heterocycles. The van der Waals surface area contributed by atoms with Gasteiger partial charge in [-0.3, -0.25) is 9.59 Å². The Morgan fingerprint density at radius 3 is 1.70 bits per heavy atom. The van der Waals surface area contributed by atoms with E-state index in [1.807, 2.05) is 12.1 Å². The lowest BCUT2D eigenvalue weighted by atomic mass is 10.0. The van der Waals surface area contributed by atoms with Crippen molar-refractivity contribution in [1.82, 2.24) is 0 Å². The van der Waals surface area contributed by atoms with E-state index in [9.17, 15) is 9.59 Å². The third-order valence-electron chi connectivity index (χ3n) is 5.93. The van der Waals surface area contributed by atoms with Crippen molar-refractivity contribution in [2.75, 3.05) is 0 Å². The zero-order chi connectivity index (χ0) is 24.3. The van der Waals surface area contributed by atoms with Gasteiger partial charge in [-0.15, -0.1) is 0 Å². The molecule has 0 aliphatic rings. The van der Waals surface area contributed by atoms with E-state index in [2.05, 4.69) is 27.7 Å². The molecule has 33 heavy (non-hydrogen) atoms. The zero-order valence-corrected chi connectivity index (χ0v) is 21.8. The summed E-state index contributed by atoms with van der Waals surface area (Å²) in [5.74, 6) is 0.825. The third kappa shape index (κ3) is 14.8. The molecule has 0 aliphatic heterocycles. The van der Waals surface area contributed by atoms with Crippen LogP contribution < -0.4 is 9.47 Å². The van der Waals surface area contributed by atoms with Gasteiger partial charge in [0.05, 0.1) is 0 Å². The zero-order valence-electron chi connectivity index (χ0n) is 21.8. The van der Waals surface area contributed by atoms with Gasteiger partial charge < -0.3 is 9.47 Å². The second-order valence-electron chi connectivity index (χ2n) is 9.70. The fourth-order valence-electron chi connectivity index (χ4n) is 3.77. The van der Waals surface area contributed by atoms with Crippen LogP contribution in [-0.2, 0) is 16.0 Å². The van der Waals surface area contributed by atoms with Gasteiger partial charge in [0.1, 0.15) is 0 Å². The molecule has 0 spiro atoms. The highest BCUT2D eigenvalue weighted by Gasteiger charge is 2.15. The van der Waals surface area contributed by atoms with Crippen LogP contribution >= 0.6 is 0 Å². The highest BCUT2D eigenvalue weighted by Crippen LogP contribution is 2.30. The second-order valence-corrected chi connectivity index (χ2v) is 9.70. The van der Waals surface area contributed by atoms with Crippen molar-refractivity contribution in [3.05, 3.63) is 23.8 Å². The van der Waals surface area contributed by atoms with Gasteiger partial charge in [0.2, 0.25) is 0 Å². The Kier molecular flexibility index (Phi) is 16.4. The fourth-order valence-corrected chi connectivity index (χ4v) is 3.77. The Bertz CT molecular complexity index is 666. The number of rotatable bonds is 19. The summed E-state index contributed by atoms with van der Waals surface area (Å²) in [5.41, 5.74) is 1.10. The van der Waals surface area contributed by atoms with Crippen molar-refractivity contribution in [2.24, 2.45) is 5.92 Å². The van der Waals surface area contributed by atoms with Crippen molar-refractivity contribution in [1.29, 1.82) is 0 Å². The molecule has 0 atom stereocenters. The summed E-state index contributed by atoms with van der Waals surface area (Å²) in [6.07, 6.45) is 16.2. The van der Waals surface area contributed by atoms with E-state index >= 15 is 0 Å². The topological polar surface area (TPSA) is 52.6 Å². The van der Waals surface area contributed by atoms with Crippen LogP contribution in [0.15, 0.2) is 18.2 Å². The average molecular weight is 461 g/mol. The van der Waals surface area contributed by atoms with Crippen LogP contribution in [0, 0.1) is 5.92 Å². The molecular formula is C29H48O4. The van der Waals surface area contributed by atoms with Gasteiger partial charge in [-0.05, 0) is 49.3 Å². The van der Waals surface area contributed by atoms with E-state index in [1.165, 1.54) is 38.5 Å². The highest BCUT2D eigenvalue weighted by molar-refractivity contribution is 5.76. The van der Waals surface area contributed by atoms with Crippen LogP contribution in [-0.4, -0.2) is 11.9 Å². The number of carbonyl (C=O) groups is 2. The molecule has 0 radical (unpaired) electrons. The molecule has 0 bridgehead atoms. The normalized spacial score (nSPS) is 11.1. The number of hydrogen-bond donors (Lipinski definition) is 0. The summed E-state index contributed by atoms with van der Waals surface area (Å²) in [6.45, 7) is 8.79. The van der Waals surface area contributed by atoms with Crippen molar-refractivity contribution in [3.63, 3.8) is 0 Å². The molecule has 1 rings (SSSR count). The number of hydrogen-bond acceptors (Lipinski definition) is 4. The van der Waals surface area contributed by atoms with Crippen molar-refractivity contribution >= 4 is 11.9 Å². The van der Waals surface area contributed by atoms with Gasteiger partial charge in [-0.25, -0.2) is 0 Å². The largest absolute Gasteiger partial charge is 0.423 e. The third-order valence-corrected chi connectivity index (χ3v) is 5.93. The Hall–Kier alpha value is -1.84. The lowest BCUT2D eigenvalue weighted by Crippen LogP contribution is -2.12. The number of esters is 2. The van der Waals surface area contributed by atoms with Crippen LogP contribution in [0.2, 0.25) is 0 Å². The van der Waals surface area contributed by atoms with E-state index in [4.69, 9.17) is 9.47 Å². The van der Waals surface area contributed by atoms with Gasteiger partial charge in [0.15, 0.2) is 11.5 Å². The molecule has 0 unspecified atom stereocenters. The van der Waals surface area contributed by atoms with Crippen LogP contribution in [0.4, 0.5) is 0 Å². The Labute approximate surface area is 202 Å². The minimum absolute atomic E-state index is 0.250. The lowest BCUT2D eigenvalue weighted by Gasteiger charge is -2.13. The van der Waals surface area contributed by atoms with Crippen molar-refractivity contribution in [2.45, 2.75) is 130 Å². The van der Waals surface area contributed by atoms with Gasteiger partial charge in [-0.2, -0.15) is 0 Å². The summed E-state index contributed by atoms with van der Waals surface area (Å²) in [6, 6.07) is 5.62. The first-order chi connectivity index (χ1) is 16.0. The van der Waals surface area contributed by atoms with Gasteiger partial charge in [0.25, 0.3) is 0 Å². The number of unbranched alkanes of at least 4 members (excludes halogenated alkanes) is 10. The monoisotopic (exact) mass is 460 g/mol. The first-order valence-corrected chi connectivity index (χ1v) is 13.5. The first-order valence-electron chi connectivity index (χ1n) is 13.5. The predicted molar refractivity (Wildman–Crippen MR) is 137 cm³/mol. The highest BCUT2D eigenvalue weighted by atomic mass is 16.6. The quantitative estimate of drug-likeness (QED) is 0.118. The predicted octanol–water partition coefficient (Wildman–Crippen LogP) is 8.59. The minimum atomic E-state index is -0.256. The SMILES string of the molecule is CCCCCCCCC(=O)Oc1ccc(CCC(C)C)cc1OC(=O)CCCCCCCC. The van der Waals surface area contributed by atoms with Crippen molar-refractivity contribution < 1.29 is 19.1 Å². The van der Waals surface area contributed by atoms with Crippen LogP contribution in [0.5, 0.6) is 11.5 Å². The van der Waals surface area contributed by atoms with Gasteiger partial charge in [0, 0.05) is 12.8 Å². The standard InChI is InChI=1S/C29H48O4/c1-5-7-9-11-13-15-17-28(30)32-26-22-21-25(20-19-24(3)4)23-27(26)33-29(31)18-16-14-12-10-8-6-2/h21-24H,5-20H2,1-4H3. The molecule has 0 aliphatic carbocycles. The van der Waals surface area contributed by atoms with Crippen molar-refractivity contribution in [3.8, 4) is 11.5 Å². The lowest BCUT2D eigenvalue weighted by molar-refractivity contribution is -0.137. The molecule has 1 aromatic carbocycles. The summed E-state index contributed by atoms with van der Waals surface area (Å²) in [5, 5.41) is 0. The maximum atomic E-state index is 12.5. The summed E-state index contributed by atoms with van der Waals surface area (Å²) in [7, 11) is 0. The molecule has 0 fully saturated rings. The van der Waals surface area contributed by atoms with E-state index in [1.54, 1.807) is 6.07 Å². The smallest absolute Gasteiger partial charge is 0.311 e. The molecule has 0 N–H and O–H groups in total. The van der Waals surface area contributed by atoms with Crippen LogP contribution in [0.25, 0.3) is 0 Å². The molecule has 188 valence electrons. The fraction of sp³-hybridized carbons (Fsp3) is 0.724. The van der Waals surface area contributed by atoms with E-state index < -0.39 is 0 Å². The molecule has 0 amide bonds. The first kappa shape index (κ1) is 29.2. The molecule has 4 heteroatoms. The molecule has 0 saturated carbocycles. The number of aryl methyl sites for hydroxylation is 1. The maximum absolute atomic E-state index is 12.5. The summed E-state index contributed by atoms with van der Waals surface area (Å²) >= 11 is 0. The van der Waals surface area contributed by atoms with Crippen LogP contribution in [0.1, 0.15) is 130 Å².